The van der Waals surface area contributed by atoms with E-state index >= 15 is 0 Å². The van der Waals surface area contributed by atoms with E-state index in [-0.39, 0.29) is 11.7 Å². The lowest BCUT2D eigenvalue weighted by Gasteiger charge is -2.03. The molecule has 0 fully saturated rings. The zero-order valence-corrected chi connectivity index (χ0v) is 13.5. The molecule has 0 atom stereocenters. The number of rotatable bonds is 5. The van der Waals surface area contributed by atoms with Gasteiger partial charge in [0, 0.05) is 29.3 Å². The van der Waals surface area contributed by atoms with Crippen LogP contribution in [0.4, 0.5) is 0 Å². The van der Waals surface area contributed by atoms with E-state index in [0.717, 1.165) is 17.0 Å². The molecule has 1 amide bonds. The number of nitrogens with zero attached hydrogens (tertiary/aromatic N) is 4. The van der Waals surface area contributed by atoms with E-state index in [4.69, 9.17) is 0 Å². The van der Waals surface area contributed by atoms with Crippen molar-refractivity contribution >= 4 is 23.4 Å². The number of thioether (sulfide) groups is 1. The minimum atomic E-state index is -0.198. The van der Waals surface area contributed by atoms with Crippen molar-refractivity contribution in [2.75, 3.05) is 5.75 Å². The molecule has 0 spiro atoms. The Morgan fingerprint density at radius 3 is 2.68 bits per heavy atom. The fourth-order valence-electron chi connectivity index (χ4n) is 1.71. The average Bonchev–Trinajstić information content (AvgIpc) is 2.50. The summed E-state index contributed by atoms with van der Waals surface area (Å²) in [5, 5.41) is 4.66. The number of aromatic nitrogens is 3. The molecule has 0 aliphatic rings. The van der Waals surface area contributed by atoms with Gasteiger partial charge in [-0.3, -0.25) is 9.78 Å². The van der Waals surface area contributed by atoms with Gasteiger partial charge in [-0.25, -0.2) is 15.4 Å². The van der Waals surface area contributed by atoms with Crippen molar-refractivity contribution in [3.05, 3.63) is 47.5 Å². The normalized spacial score (nSPS) is 11.3. The first-order valence-electron chi connectivity index (χ1n) is 6.73. The predicted octanol–water partition coefficient (Wildman–Crippen LogP) is 2.12. The van der Waals surface area contributed by atoms with Gasteiger partial charge in [-0.15, -0.1) is 0 Å². The first-order valence-corrected chi connectivity index (χ1v) is 7.72. The zero-order valence-electron chi connectivity index (χ0n) is 12.7. The van der Waals surface area contributed by atoms with Gasteiger partial charge in [0.15, 0.2) is 5.16 Å². The van der Waals surface area contributed by atoms with Crippen LogP contribution in [0.25, 0.3) is 0 Å². The number of carbonyl (C=O) groups excluding carboxylic acids is 1. The maximum absolute atomic E-state index is 11.8. The van der Waals surface area contributed by atoms with Gasteiger partial charge in [0.25, 0.3) is 5.91 Å². The van der Waals surface area contributed by atoms with Crippen LogP contribution in [0.3, 0.4) is 0 Å². The number of pyridine rings is 1. The Morgan fingerprint density at radius 1 is 1.32 bits per heavy atom. The second-order valence-corrected chi connectivity index (χ2v) is 5.64. The quantitative estimate of drug-likeness (QED) is 0.396. The molecule has 6 nitrogen and oxygen atoms in total. The highest BCUT2D eigenvalue weighted by Crippen LogP contribution is 2.13. The highest BCUT2D eigenvalue weighted by atomic mass is 32.2. The molecule has 0 bridgehead atoms. The Balaban J connectivity index is 1.88. The van der Waals surface area contributed by atoms with E-state index in [1.807, 2.05) is 39.0 Å². The highest BCUT2D eigenvalue weighted by Gasteiger charge is 2.06. The van der Waals surface area contributed by atoms with Crippen LogP contribution in [0.2, 0.25) is 0 Å². The van der Waals surface area contributed by atoms with Crippen LogP contribution in [0, 0.1) is 13.8 Å². The molecule has 2 rings (SSSR count). The molecule has 2 heterocycles. The molecule has 2 aromatic rings. The molecule has 114 valence electrons. The monoisotopic (exact) mass is 315 g/mol. The first-order chi connectivity index (χ1) is 10.5. The molecule has 1 N–H and O–H groups in total. The highest BCUT2D eigenvalue weighted by molar-refractivity contribution is 7.99. The number of aryl methyl sites for hydroxylation is 2. The number of hydrazone groups is 1. The number of hydrogen-bond acceptors (Lipinski definition) is 6. The molecule has 0 saturated carbocycles. The lowest BCUT2D eigenvalue weighted by Crippen LogP contribution is -2.21. The molecule has 7 heteroatoms. The van der Waals surface area contributed by atoms with E-state index in [2.05, 4.69) is 25.5 Å². The van der Waals surface area contributed by atoms with Crippen molar-refractivity contribution in [3.8, 4) is 0 Å². The standard InChI is InChI=1S/C15H17N5OS/c1-10-7-11(2)18-15(17-10)22-9-14(21)20-19-12(3)13-5-4-6-16-8-13/h4-8H,9H2,1-3H3,(H,20,21). The van der Waals surface area contributed by atoms with Crippen molar-refractivity contribution < 1.29 is 4.79 Å². The van der Waals surface area contributed by atoms with Crippen LogP contribution in [0.5, 0.6) is 0 Å². The van der Waals surface area contributed by atoms with Crippen molar-refractivity contribution in [2.45, 2.75) is 25.9 Å². The third kappa shape index (κ3) is 4.92. The molecule has 0 radical (unpaired) electrons. The lowest BCUT2D eigenvalue weighted by atomic mass is 10.2. The second-order valence-electron chi connectivity index (χ2n) is 4.70. The average molecular weight is 315 g/mol. The first kappa shape index (κ1) is 16.1. The summed E-state index contributed by atoms with van der Waals surface area (Å²) in [5.41, 5.74) is 5.88. The lowest BCUT2D eigenvalue weighted by molar-refractivity contribution is -0.118. The molecule has 0 saturated heterocycles. The summed E-state index contributed by atoms with van der Waals surface area (Å²) in [6.07, 6.45) is 3.39. The summed E-state index contributed by atoms with van der Waals surface area (Å²) in [4.78, 5) is 24.4. The van der Waals surface area contributed by atoms with E-state index in [1.54, 1.807) is 12.4 Å². The van der Waals surface area contributed by atoms with Crippen LogP contribution >= 0.6 is 11.8 Å². The van der Waals surface area contributed by atoms with Gasteiger partial charge in [-0.05, 0) is 32.9 Å². The number of amides is 1. The Bertz CT molecular complexity index is 667. The summed E-state index contributed by atoms with van der Waals surface area (Å²) >= 11 is 1.29. The molecule has 0 aliphatic heterocycles. The Kier molecular flexibility index (Phi) is 5.60. The maximum atomic E-state index is 11.8. The minimum absolute atomic E-state index is 0.198. The Labute approximate surface area is 133 Å². The van der Waals surface area contributed by atoms with E-state index in [0.29, 0.717) is 10.9 Å². The SMILES string of the molecule is CC(=NNC(=O)CSc1nc(C)cc(C)n1)c1cccnc1. The minimum Gasteiger partial charge on any atom is -0.272 e. The van der Waals surface area contributed by atoms with Gasteiger partial charge in [0.05, 0.1) is 11.5 Å². The number of nitrogens with one attached hydrogen (secondary N) is 1. The summed E-state index contributed by atoms with van der Waals surface area (Å²) in [5.74, 6) is 0.0168. The molecule has 0 unspecified atom stereocenters. The second kappa shape index (κ2) is 7.65. The third-order valence-corrected chi connectivity index (χ3v) is 3.57. The topological polar surface area (TPSA) is 80.1 Å². The largest absolute Gasteiger partial charge is 0.272 e. The van der Waals surface area contributed by atoms with Gasteiger partial charge >= 0.3 is 0 Å². The van der Waals surface area contributed by atoms with Gasteiger partial charge in [0.1, 0.15) is 0 Å². The Morgan fingerprint density at radius 2 is 2.05 bits per heavy atom. The number of hydrogen-bond donors (Lipinski definition) is 1. The van der Waals surface area contributed by atoms with E-state index < -0.39 is 0 Å². The van der Waals surface area contributed by atoms with Crippen LogP contribution in [-0.4, -0.2) is 32.3 Å². The van der Waals surface area contributed by atoms with Crippen molar-refractivity contribution in [1.82, 2.24) is 20.4 Å². The summed E-state index contributed by atoms with van der Waals surface area (Å²) < 4.78 is 0. The molecule has 2 aromatic heterocycles. The fourth-order valence-corrected chi connectivity index (χ4v) is 2.45. The predicted molar refractivity (Wildman–Crippen MR) is 86.8 cm³/mol. The fraction of sp³-hybridized carbons (Fsp3) is 0.267. The maximum Gasteiger partial charge on any atom is 0.250 e. The van der Waals surface area contributed by atoms with Crippen LogP contribution < -0.4 is 5.43 Å². The van der Waals surface area contributed by atoms with Crippen molar-refractivity contribution in [2.24, 2.45) is 5.10 Å². The Hall–Kier alpha value is -2.28. The number of carbonyl (C=O) groups is 1. The van der Waals surface area contributed by atoms with Crippen LogP contribution in [0.15, 0.2) is 40.9 Å². The molecule has 0 aromatic carbocycles. The van der Waals surface area contributed by atoms with E-state index in [1.165, 1.54) is 11.8 Å². The smallest absolute Gasteiger partial charge is 0.250 e. The van der Waals surface area contributed by atoms with Gasteiger partial charge in [-0.2, -0.15) is 5.10 Å². The van der Waals surface area contributed by atoms with Crippen LogP contribution in [-0.2, 0) is 4.79 Å². The van der Waals surface area contributed by atoms with Crippen LogP contribution in [0.1, 0.15) is 23.9 Å². The molecular formula is C15H17N5OS. The van der Waals surface area contributed by atoms with Crippen molar-refractivity contribution in [1.29, 1.82) is 0 Å². The van der Waals surface area contributed by atoms with E-state index in [9.17, 15) is 4.79 Å². The third-order valence-electron chi connectivity index (χ3n) is 2.72. The molecule has 0 aliphatic carbocycles. The summed E-state index contributed by atoms with van der Waals surface area (Å²) in [6, 6.07) is 5.60. The summed E-state index contributed by atoms with van der Waals surface area (Å²) in [7, 11) is 0. The summed E-state index contributed by atoms with van der Waals surface area (Å²) in [6.45, 7) is 5.62. The van der Waals surface area contributed by atoms with Gasteiger partial charge in [0.2, 0.25) is 0 Å². The molecular weight excluding hydrogens is 298 g/mol. The molecule has 22 heavy (non-hydrogen) atoms. The van der Waals surface area contributed by atoms with Crippen molar-refractivity contribution in [3.63, 3.8) is 0 Å². The zero-order chi connectivity index (χ0) is 15.9. The van der Waals surface area contributed by atoms with Gasteiger partial charge < -0.3 is 0 Å². The van der Waals surface area contributed by atoms with Gasteiger partial charge in [-0.1, -0.05) is 17.8 Å².